The van der Waals surface area contributed by atoms with Gasteiger partial charge in [0.15, 0.2) is 11.4 Å². The van der Waals surface area contributed by atoms with Gasteiger partial charge in [-0.05, 0) is 6.92 Å². The number of aromatic carboxylic acids is 1. The van der Waals surface area contributed by atoms with Gasteiger partial charge in [0.2, 0.25) is 5.13 Å². The molecule has 2 aromatic rings. The molecular weight excluding hydrogens is 258 g/mol. The molecule has 2 aromatic heterocycles. The molecule has 0 aliphatic carbocycles. The number of nitrogens with one attached hydrogen (secondary N) is 1. The first kappa shape index (κ1) is 12.0. The van der Waals surface area contributed by atoms with E-state index in [0.29, 0.717) is 5.01 Å². The number of carbonyl (C=O) groups is 2. The maximum Gasteiger partial charge on any atom is 0.356 e. The van der Waals surface area contributed by atoms with Crippen LogP contribution in [0.4, 0.5) is 5.13 Å². The van der Waals surface area contributed by atoms with Gasteiger partial charge in [-0.2, -0.15) is 0 Å². The Morgan fingerprint density at radius 1 is 1.22 bits per heavy atom. The van der Waals surface area contributed by atoms with Gasteiger partial charge in [0.25, 0.3) is 5.91 Å². The van der Waals surface area contributed by atoms with Crippen molar-refractivity contribution >= 4 is 28.3 Å². The third-order valence-corrected chi connectivity index (χ3v) is 2.62. The maximum absolute atomic E-state index is 11.8. The Labute approximate surface area is 105 Å². The van der Waals surface area contributed by atoms with Crippen molar-refractivity contribution in [3.63, 3.8) is 0 Å². The summed E-state index contributed by atoms with van der Waals surface area (Å²) < 4.78 is 0. The SMILES string of the molecule is Cc1nnc(NC(=O)c2nccnc2C(=O)O)s1. The van der Waals surface area contributed by atoms with Crippen LogP contribution in [-0.4, -0.2) is 37.1 Å². The molecular formula is C9H7N5O3S. The van der Waals surface area contributed by atoms with Crippen molar-refractivity contribution in [3.8, 4) is 0 Å². The molecule has 9 heteroatoms. The van der Waals surface area contributed by atoms with Crippen molar-refractivity contribution in [2.75, 3.05) is 5.32 Å². The summed E-state index contributed by atoms with van der Waals surface area (Å²) in [4.78, 5) is 30.0. The zero-order valence-electron chi connectivity index (χ0n) is 9.12. The van der Waals surface area contributed by atoms with Gasteiger partial charge in [0.05, 0.1) is 0 Å². The number of hydrogen-bond acceptors (Lipinski definition) is 7. The van der Waals surface area contributed by atoms with Gasteiger partial charge in [0, 0.05) is 12.4 Å². The van der Waals surface area contributed by atoms with E-state index in [1.54, 1.807) is 6.92 Å². The van der Waals surface area contributed by atoms with Crippen LogP contribution in [0.25, 0.3) is 0 Å². The molecule has 92 valence electrons. The number of rotatable bonds is 3. The Balaban J connectivity index is 2.26. The molecule has 0 aliphatic heterocycles. The third kappa shape index (κ3) is 2.46. The van der Waals surface area contributed by atoms with E-state index < -0.39 is 17.6 Å². The standard InChI is InChI=1S/C9H7N5O3S/c1-4-13-14-9(18-4)12-7(15)5-6(8(16)17)11-3-2-10-5/h2-3H,1H3,(H,16,17)(H,12,14,15). The van der Waals surface area contributed by atoms with Crippen molar-refractivity contribution in [2.45, 2.75) is 6.92 Å². The summed E-state index contributed by atoms with van der Waals surface area (Å²) in [6.45, 7) is 1.73. The molecule has 8 nitrogen and oxygen atoms in total. The Morgan fingerprint density at radius 2 is 1.89 bits per heavy atom. The second-order valence-corrected chi connectivity index (χ2v) is 4.32. The molecule has 0 atom stereocenters. The highest BCUT2D eigenvalue weighted by Crippen LogP contribution is 2.15. The number of anilines is 1. The number of aryl methyl sites for hydroxylation is 1. The summed E-state index contributed by atoms with van der Waals surface area (Å²) in [6.07, 6.45) is 2.45. The summed E-state index contributed by atoms with van der Waals surface area (Å²) >= 11 is 1.18. The number of carbonyl (C=O) groups excluding carboxylic acids is 1. The van der Waals surface area contributed by atoms with Crippen LogP contribution in [0.1, 0.15) is 26.0 Å². The van der Waals surface area contributed by atoms with Crippen molar-refractivity contribution in [2.24, 2.45) is 0 Å². The largest absolute Gasteiger partial charge is 0.476 e. The predicted octanol–water partition coefficient (Wildman–Crippen LogP) is 0.587. The van der Waals surface area contributed by atoms with Crippen molar-refractivity contribution < 1.29 is 14.7 Å². The highest BCUT2D eigenvalue weighted by Gasteiger charge is 2.20. The van der Waals surface area contributed by atoms with Crippen molar-refractivity contribution in [3.05, 3.63) is 28.8 Å². The number of nitrogens with zero attached hydrogens (tertiary/aromatic N) is 4. The third-order valence-electron chi connectivity index (χ3n) is 1.86. The van der Waals surface area contributed by atoms with Crippen LogP contribution in [-0.2, 0) is 0 Å². The quantitative estimate of drug-likeness (QED) is 0.833. The first-order valence-corrected chi connectivity index (χ1v) is 5.55. The fraction of sp³-hybridized carbons (Fsp3) is 0.111. The fourth-order valence-corrected chi connectivity index (χ4v) is 1.75. The van der Waals surface area contributed by atoms with Crippen LogP contribution in [0, 0.1) is 6.92 Å². The van der Waals surface area contributed by atoms with Gasteiger partial charge in [-0.25, -0.2) is 14.8 Å². The van der Waals surface area contributed by atoms with Gasteiger partial charge in [-0.15, -0.1) is 10.2 Å². The van der Waals surface area contributed by atoms with E-state index in [1.165, 1.54) is 23.7 Å². The lowest BCUT2D eigenvalue weighted by Crippen LogP contribution is -2.19. The van der Waals surface area contributed by atoms with Crippen LogP contribution in [0.5, 0.6) is 0 Å². The van der Waals surface area contributed by atoms with Crippen LogP contribution in [0.15, 0.2) is 12.4 Å². The summed E-state index contributed by atoms with van der Waals surface area (Å²) in [6, 6.07) is 0. The first-order chi connectivity index (χ1) is 8.58. The van der Waals surface area contributed by atoms with Crippen molar-refractivity contribution in [1.82, 2.24) is 20.2 Å². The normalized spacial score (nSPS) is 10.1. The molecule has 0 aliphatic rings. The smallest absolute Gasteiger partial charge is 0.356 e. The van der Waals surface area contributed by atoms with Crippen molar-refractivity contribution in [1.29, 1.82) is 0 Å². The lowest BCUT2D eigenvalue weighted by Gasteiger charge is -2.02. The van der Waals surface area contributed by atoms with Crippen LogP contribution >= 0.6 is 11.3 Å². The molecule has 0 radical (unpaired) electrons. The minimum Gasteiger partial charge on any atom is -0.476 e. The summed E-state index contributed by atoms with van der Waals surface area (Å²) in [5.41, 5.74) is -0.672. The average Bonchev–Trinajstić information content (AvgIpc) is 2.74. The molecule has 2 heterocycles. The van der Waals surface area contributed by atoms with Gasteiger partial charge in [0.1, 0.15) is 5.01 Å². The van der Waals surface area contributed by atoms with E-state index in [2.05, 4.69) is 25.5 Å². The van der Waals surface area contributed by atoms with E-state index in [9.17, 15) is 9.59 Å². The Kier molecular flexibility index (Phi) is 3.24. The highest BCUT2D eigenvalue weighted by molar-refractivity contribution is 7.15. The molecule has 0 bridgehead atoms. The Morgan fingerprint density at radius 3 is 2.44 bits per heavy atom. The zero-order chi connectivity index (χ0) is 13.1. The van der Waals surface area contributed by atoms with E-state index in [4.69, 9.17) is 5.11 Å². The van der Waals surface area contributed by atoms with Crippen LogP contribution in [0.3, 0.4) is 0 Å². The molecule has 0 saturated carbocycles. The van der Waals surface area contributed by atoms with E-state index in [0.717, 1.165) is 0 Å². The first-order valence-electron chi connectivity index (χ1n) is 4.73. The molecule has 0 unspecified atom stereocenters. The number of amides is 1. The fourth-order valence-electron chi connectivity index (χ4n) is 1.16. The molecule has 18 heavy (non-hydrogen) atoms. The van der Waals surface area contributed by atoms with E-state index in [-0.39, 0.29) is 10.8 Å². The molecule has 2 N–H and O–H groups in total. The topological polar surface area (TPSA) is 118 Å². The lowest BCUT2D eigenvalue weighted by molar-refractivity contribution is 0.0685. The molecule has 0 saturated heterocycles. The molecule has 0 aromatic carbocycles. The number of aromatic nitrogens is 4. The second-order valence-electron chi connectivity index (χ2n) is 3.14. The molecule has 0 fully saturated rings. The molecule has 1 amide bonds. The zero-order valence-corrected chi connectivity index (χ0v) is 9.93. The number of carboxylic acids is 1. The Bertz CT molecular complexity index is 612. The number of carboxylic acid groups (broad SMARTS) is 1. The van der Waals surface area contributed by atoms with Crippen LogP contribution < -0.4 is 5.32 Å². The number of hydrogen-bond donors (Lipinski definition) is 2. The monoisotopic (exact) mass is 265 g/mol. The van der Waals surface area contributed by atoms with Gasteiger partial charge >= 0.3 is 5.97 Å². The van der Waals surface area contributed by atoms with E-state index in [1.807, 2.05) is 0 Å². The average molecular weight is 265 g/mol. The minimum absolute atomic E-state index is 0.266. The van der Waals surface area contributed by atoms with E-state index >= 15 is 0 Å². The second kappa shape index (κ2) is 4.84. The Hall–Kier alpha value is -2.42. The lowest BCUT2D eigenvalue weighted by atomic mass is 10.3. The molecule has 2 rings (SSSR count). The van der Waals surface area contributed by atoms with Crippen LogP contribution in [0.2, 0.25) is 0 Å². The van der Waals surface area contributed by atoms with Gasteiger partial charge in [-0.1, -0.05) is 11.3 Å². The highest BCUT2D eigenvalue weighted by atomic mass is 32.1. The van der Waals surface area contributed by atoms with Gasteiger partial charge in [-0.3, -0.25) is 10.1 Å². The maximum atomic E-state index is 11.8. The summed E-state index contributed by atoms with van der Waals surface area (Å²) in [5.74, 6) is -2.00. The van der Waals surface area contributed by atoms with Gasteiger partial charge < -0.3 is 5.11 Å². The summed E-state index contributed by atoms with van der Waals surface area (Å²) in [5, 5.41) is 19.7. The summed E-state index contributed by atoms with van der Waals surface area (Å²) in [7, 11) is 0. The molecule has 0 spiro atoms. The predicted molar refractivity (Wildman–Crippen MR) is 61.6 cm³/mol. The minimum atomic E-state index is -1.32.